The summed E-state index contributed by atoms with van der Waals surface area (Å²) < 4.78 is 0. The molecule has 0 saturated carbocycles. The van der Waals surface area contributed by atoms with Gasteiger partial charge in [-0.1, -0.05) is 106 Å². The third-order valence-electron chi connectivity index (χ3n) is 7.97. The maximum atomic E-state index is 12.9. The normalized spacial score (nSPS) is 11.9. The van der Waals surface area contributed by atoms with E-state index < -0.39 is 0 Å². The minimum Gasteiger partial charge on any atom is -0.355 e. The zero-order chi connectivity index (χ0) is 34.2. The van der Waals surface area contributed by atoms with Crippen molar-refractivity contribution in [2.24, 2.45) is 0 Å². The number of carbonyl (C=O) groups excluding carboxylic acids is 1. The molecule has 4 nitrogen and oxygen atoms in total. The molecule has 5 heteroatoms. The molecule has 0 aliphatic carbocycles. The van der Waals surface area contributed by atoms with Gasteiger partial charge in [-0.2, -0.15) is 0 Å². The molecule has 0 amide bonds. The first-order valence-electron chi connectivity index (χ1n) is 16.7. The van der Waals surface area contributed by atoms with Gasteiger partial charge in [0.2, 0.25) is 0 Å². The van der Waals surface area contributed by atoms with Crippen LogP contribution in [0.2, 0.25) is 0 Å². The highest BCUT2D eigenvalue weighted by molar-refractivity contribution is 7.22. The fourth-order valence-electron chi connectivity index (χ4n) is 5.60. The lowest BCUT2D eigenvalue weighted by Gasteiger charge is -2.23. The summed E-state index contributed by atoms with van der Waals surface area (Å²) in [7, 11) is 4.00. The minimum atomic E-state index is 0.0462. The van der Waals surface area contributed by atoms with Crippen molar-refractivity contribution in [1.82, 2.24) is 9.97 Å². The van der Waals surface area contributed by atoms with E-state index in [1.807, 2.05) is 51.3 Å². The zero-order valence-electron chi connectivity index (χ0n) is 29.2. The predicted molar refractivity (Wildman–Crippen MR) is 206 cm³/mol. The Labute approximate surface area is 285 Å². The number of hydrogen-bond donors (Lipinski definition) is 0. The van der Waals surface area contributed by atoms with Crippen molar-refractivity contribution < 1.29 is 4.79 Å². The molecule has 4 aromatic rings. The van der Waals surface area contributed by atoms with Crippen LogP contribution in [0.25, 0.3) is 16.7 Å². The molecule has 3 aromatic carbocycles. The number of anilines is 1. The second-order valence-electron chi connectivity index (χ2n) is 11.3. The summed E-state index contributed by atoms with van der Waals surface area (Å²) in [5.74, 6) is 0.966. The topological polar surface area (TPSA) is 46.1 Å². The maximum Gasteiger partial charge on any atom is 0.160 e. The van der Waals surface area contributed by atoms with Crippen LogP contribution in [-0.4, -0.2) is 34.1 Å². The van der Waals surface area contributed by atoms with E-state index in [0.717, 1.165) is 82.4 Å². The molecule has 1 heterocycles. The van der Waals surface area contributed by atoms with Gasteiger partial charge in [-0.15, -0.1) is 8.86 Å². The van der Waals surface area contributed by atoms with Crippen molar-refractivity contribution in [2.45, 2.75) is 67.7 Å². The summed E-state index contributed by atoms with van der Waals surface area (Å²) in [5.41, 5.74) is 9.57. The first-order valence-corrected chi connectivity index (χ1v) is 17.2. The van der Waals surface area contributed by atoms with Crippen LogP contribution in [0, 0.1) is 6.92 Å². The van der Waals surface area contributed by atoms with Gasteiger partial charge in [-0.05, 0) is 103 Å². The molecule has 0 N–H and O–H groups in total. The standard InChI is InChI=1S/C40H44N3OP.C2H6/c1-6-8-15-36(31(5)44)30(4)40(34-21-19-33(20-22-34)32-13-10-9-11-14-32)37-27-35(18-17-29(37)3)38(45)16-12-26-43(25-7-2)39-28-41-23-24-42-39;1-2/h6,8-11,13-15,17-24,27-28,45H,7,12,16,25-26H2,1-5H3;1-2H3/b8-6-,36-15-,40-30+;. The summed E-state index contributed by atoms with van der Waals surface area (Å²) in [6.45, 7) is 15.8. The highest BCUT2D eigenvalue weighted by atomic mass is 31.0. The fraction of sp³-hybridized carbons (Fsp3) is 0.286. The Morgan fingerprint density at radius 2 is 1.57 bits per heavy atom. The third-order valence-corrected chi connectivity index (χ3v) is 8.51. The van der Waals surface area contributed by atoms with Crippen LogP contribution in [0.4, 0.5) is 5.82 Å². The summed E-state index contributed by atoms with van der Waals surface area (Å²) >= 11 is 0. The molecule has 0 fully saturated rings. The van der Waals surface area contributed by atoms with Crippen LogP contribution in [0.3, 0.4) is 0 Å². The first kappa shape index (κ1) is 37.1. The summed E-state index contributed by atoms with van der Waals surface area (Å²) in [4.78, 5) is 24.0. The molecule has 1 aromatic heterocycles. The van der Waals surface area contributed by atoms with Gasteiger partial charge in [-0.3, -0.25) is 9.78 Å². The average molecular weight is 644 g/mol. The smallest absolute Gasteiger partial charge is 0.160 e. The summed E-state index contributed by atoms with van der Waals surface area (Å²) in [6.07, 6.45) is 14.0. The quantitative estimate of drug-likeness (QED) is 0.0779. The predicted octanol–water partition coefficient (Wildman–Crippen LogP) is 10.8. The van der Waals surface area contributed by atoms with Crippen molar-refractivity contribution in [3.63, 3.8) is 0 Å². The number of nitrogens with zero attached hydrogens (tertiary/aromatic N) is 3. The number of hydrogen-bond acceptors (Lipinski definition) is 4. The lowest BCUT2D eigenvalue weighted by Crippen LogP contribution is -2.26. The number of benzene rings is 3. The first-order chi connectivity index (χ1) is 22.8. The number of Topliss-reactive ketones (excluding diaryl/α,β-unsaturated/α-hetero) is 1. The van der Waals surface area contributed by atoms with E-state index in [-0.39, 0.29) is 5.78 Å². The SMILES string of the molecule is CC.C\C=C/C=C(C(C)=O)/C(C)=C(\c1ccc(-c2ccccc2)cc1)c1cc(C(=P)CCCN(CCC)c2cnccn2)ccc1C. The van der Waals surface area contributed by atoms with Gasteiger partial charge in [-0.25, -0.2) is 4.98 Å². The number of allylic oxidation sites excluding steroid dienone is 5. The summed E-state index contributed by atoms with van der Waals surface area (Å²) in [5, 5.41) is 1.15. The molecule has 0 atom stereocenters. The van der Waals surface area contributed by atoms with Gasteiger partial charge in [0.25, 0.3) is 0 Å². The average Bonchev–Trinajstić information content (AvgIpc) is 3.10. The van der Waals surface area contributed by atoms with E-state index in [1.54, 1.807) is 19.3 Å². The van der Waals surface area contributed by atoms with Gasteiger partial charge in [0.05, 0.1) is 6.20 Å². The Hall–Kier alpha value is -4.40. The van der Waals surface area contributed by atoms with Gasteiger partial charge in [0, 0.05) is 31.1 Å². The summed E-state index contributed by atoms with van der Waals surface area (Å²) in [6, 6.07) is 25.7. The van der Waals surface area contributed by atoms with E-state index in [4.69, 9.17) is 0 Å². The molecule has 0 saturated heterocycles. The van der Waals surface area contributed by atoms with Crippen LogP contribution in [0.5, 0.6) is 0 Å². The van der Waals surface area contributed by atoms with Crippen LogP contribution < -0.4 is 4.90 Å². The molecule has 0 aliphatic rings. The zero-order valence-corrected chi connectivity index (χ0v) is 30.2. The second-order valence-corrected chi connectivity index (χ2v) is 11.9. The molecule has 244 valence electrons. The number of rotatable bonds is 14. The Morgan fingerprint density at radius 1 is 0.894 bits per heavy atom. The molecule has 0 aliphatic heterocycles. The Balaban J connectivity index is 0.00000294. The number of aromatic nitrogens is 2. The lowest BCUT2D eigenvalue weighted by molar-refractivity contribution is -0.113. The third kappa shape index (κ3) is 10.3. The van der Waals surface area contributed by atoms with Gasteiger partial charge < -0.3 is 4.90 Å². The van der Waals surface area contributed by atoms with E-state index in [2.05, 4.69) is 111 Å². The van der Waals surface area contributed by atoms with E-state index in [1.165, 1.54) is 5.56 Å². The van der Waals surface area contributed by atoms with Gasteiger partial charge >= 0.3 is 0 Å². The lowest BCUT2D eigenvalue weighted by atomic mass is 9.85. The molecule has 0 bridgehead atoms. The highest BCUT2D eigenvalue weighted by Gasteiger charge is 2.18. The Kier molecular flexibility index (Phi) is 15.2. The molecule has 4 rings (SSSR count). The fourth-order valence-corrected chi connectivity index (χ4v) is 5.94. The van der Waals surface area contributed by atoms with Crippen molar-refractivity contribution in [2.75, 3.05) is 18.0 Å². The van der Waals surface area contributed by atoms with Gasteiger partial charge in [0.15, 0.2) is 5.78 Å². The number of aryl methyl sites for hydroxylation is 1. The molecular weight excluding hydrogens is 593 g/mol. The second kappa shape index (κ2) is 19.3. The Morgan fingerprint density at radius 3 is 2.19 bits per heavy atom. The molecular formula is C42H50N3OP. The minimum absolute atomic E-state index is 0.0462. The van der Waals surface area contributed by atoms with Crippen LogP contribution in [-0.2, 0) is 4.79 Å². The van der Waals surface area contributed by atoms with E-state index in [9.17, 15) is 4.79 Å². The van der Waals surface area contributed by atoms with Crippen molar-refractivity contribution in [1.29, 1.82) is 0 Å². The van der Waals surface area contributed by atoms with Crippen molar-refractivity contribution >= 4 is 31.3 Å². The van der Waals surface area contributed by atoms with Crippen LogP contribution in [0.15, 0.2) is 121 Å². The van der Waals surface area contributed by atoms with E-state index in [0.29, 0.717) is 5.57 Å². The largest absolute Gasteiger partial charge is 0.355 e. The number of carbonyl (C=O) groups is 1. The van der Waals surface area contributed by atoms with E-state index >= 15 is 0 Å². The van der Waals surface area contributed by atoms with Crippen molar-refractivity contribution in [3.8, 4) is 11.1 Å². The Bertz CT molecular complexity index is 1690. The van der Waals surface area contributed by atoms with Gasteiger partial charge in [0.1, 0.15) is 5.82 Å². The molecule has 0 unspecified atom stereocenters. The molecule has 0 spiro atoms. The number of ketones is 1. The van der Waals surface area contributed by atoms with Crippen LogP contribution in [0.1, 0.15) is 83.1 Å². The maximum absolute atomic E-state index is 12.9. The highest BCUT2D eigenvalue weighted by Crippen LogP contribution is 2.35. The monoisotopic (exact) mass is 643 g/mol. The molecule has 47 heavy (non-hydrogen) atoms. The van der Waals surface area contributed by atoms with Crippen LogP contribution >= 0.6 is 8.86 Å². The van der Waals surface area contributed by atoms with Crippen molar-refractivity contribution in [3.05, 3.63) is 143 Å². The molecule has 0 radical (unpaired) electrons.